The molecule has 13 fully saturated rings. The van der Waals surface area contributed by atoms with Gasteiger partial charge < -0.3 is 23.7 Å². The van der Waals surface area contributed by atoms with Crippen LogP contribution in [0, 0.1) is 140 Å². The maximum absolute atomic E-state index is 12.9. The zero-order valence-corrected chi connectivity index (χ0v) is 69.5. The highest BCUT2D eigenvalue weighted by molar-refractivity contribution is 5.78. The van der Waals surface area contributed by atoms with Crippen LogP contribution in [-0.2, 0) is 47.7 Å². The average molecular weight is 1560 g/mol. The minimum atomic E-state index is -0.356. The van der Waals surface area contributed by atoms with Crippen molar-refractivity contribution in [3.63, 3.8) is 0 Å². The third-order valence-electron chi connectivity index (χ3n) is 32.0. The van der Waals surface area contributed by atoms with E-state index >= 15 is 0 Å². The lowest BCUT2D eigenvalue weighted by molar-refractivity contribution is -0.231. The van der Waals surface area contributed by atoms with Gasteiger partial charge in [-0.2, -0.15) is 0 Å². The van der Waals surface area contributed by atoms with Gasteiger partial charge in [-0.05, 0) is 343 Å². The zero-order chi connectivity index (χ0) is 74.3. The smallest absolute Gasteiger partial charge is 0.312 e. The molecule has 10 bridgehead atoms. The van der Waals surface area contributed by atoms with Gasteiger partial charge in [-0.15, -0.1) is 0 Å². The second-order valence-corrected chi connectivity index (χ2v) is 41.1. The standard InChI is InChI=1S/C21H34O2.C19H32O2.C19H34O2.C16H28O2.C15H28O2.10CH4/c1-6-20(4,5)19(22)23-21(12(2)3)11-15-10-16(21)18-14-8-7-13(9-14)17(15)18;1-6-18(4,5)17(20)21-19(12(2)3)15-8-13-7-14(10-15)11-16(19)9-13;1-6-18(4,5)17(20)21-19(14(2)3)12-11-15-9-7-8-10-16(15)13-19;1-6-15(4,5)14(17)18-16(11(2)3)10-12-7-8-13(16)9-12;1-6-14(4,5)13(16)17-15(12(2)3)10-8-7-9-11-15;;;;;;;;;;/h12-18H,6-11H2,1-5H3;12-16H,6-11H2,1-5H3;14-16H,6-13H2,1-5H3;11-13H,6-10H2,1-5H3;12H,6-11H2,1-5H3;10*1H4. The van der Waals surface area contributed by atoms with E-state index in [-0.39, 0.29) is 159 Å². The highest BCUT2D eigenvalue weighted by Crippen LogP contribution is 2.72. The molecule has 0 radical (unpaired) electrons. The molecule has 110 heavy (non-hydrogen) atoms. The highest BCUT2D eigenvalue weighted by atomic mass is 16.6. The zero-order valence-electron chi connectivity index (χ0n) is 69.5. The van der Waals surface area contributed by atoms with Crippen LogP contribution in [0.2, 0.25) is 0 Å². The van der Waals surface area contributed by atoms with Crippen LogP contribution in [0.3, 0.4) is 0 Å². The van der Waals surface area contributed by atoms with Crippen LogP contribution < -0.4 is 0 Å². The van der Waals surface area contributed by atoms with Gasteiger partial charge in [0.15, 0.2) is 0 Å². The molecule has 0 aromatic heterocycles. The summed E-state index contributed by atoms with van der Waals surface area (Å²) >= 11 is 0. The molecule has 13 rings (SSSR count). The normalized spacial score (nSPS) is 33.2. The monoisotopic (exact) mass is 1560 g/mol. The number of ether oxygens (including phenoxy) is 5. The Hall–Kier alpha value is -2.65. The summed E-state index contributed by atoms with van der Waals surface area (Å²) < 4.78 is 31.1. The summed E-state index contributed by atoms with van der Waals surface area (Å²) in [6.45, 7) is 52.8. The van der Waals surface area contributed by atoms with Crippen molar-refractivity contribution in [2.45, 2.75) is 474 Å². The van der Waals surface area contributed by atoms with Crippen molar-refractivity contribution >= 4 is 29.8 Å². The molecule has 0 aliphatic heterocycles. The number of esters is 5. The maximum Gasteiger partial charge on any atom is 0.312 e. The largest absolute Gasteiger partial charge is 0.458 e. The molecule has 13 unspecified atom stereocenters. The van der Waals surface area contributed by atoms with Crippen molar-refractivity contribution in [3.8, 4) is 0 Å². The molecule has 0 heterocycles. The second kappa shape index (κ2) is 43.2. The molecule has 13 saturated carbocycles. The molecule has 0 N–H and O–H groups in total. The summed E-state index contributed by atoms with van der Waals surface area (Å²) in [6.07, 6.45) is 37.3. The van der Waals surface area contributed by atoms with Crippen molar-refractivity contribution in [2.24, 2.45) is 140 Å². The fourth-order valence-electron chi connectivity index (χ4n) is 22.8. The summed E-state index contributed by atoms with van der Waals surface area (Å²) in [6, 6.07) is 0. The fourth-order valence-corrected chi connectivity index (χ4v) is 22.8. The summed E-state index contributed by atoms with van der Waals surface area (Å²) in [5, 5.41) is 0. The minimum Gasteiger partial charge on any atom is -0.458 e. The molecule has 10 heteroatoms. The first-order valence-electron chi connectivity index (χ1n) is 42.7. The molecular weight excluding hydrogens is 1360 g/mol. The van der Waals surface area contributed by atoms with Gasteiger partial charge in [0, 0.05) is 5.92 Å². The topological polar surface area (TPSA) is 132 Å². The number of hydrogen-bond acceptors (Lipinski definition) is 10. The van der Waals surface area contributed by atoms with Gasteiger partial charge in [0.1, 0.15) is 28.0 Å². The highest BCUT2D eigenvalue weighted by Gasteiger charge is 2.70. The molecule has 13 aliphatic carbocycles. The first-order chi connectivity index (χ1) is 46.5. The number of rotatable bonds is 20. The summed E-state index contributed by atoms with van der Waals surface area (Å²) in [7, 11) is 0. The average Bonchev–Trinajstić information content (AvgIpc) is 1.59. The van der Waals surface area contributed by atoms with Gasteiger partial charge in [0.25, 0.3) is 0 Å². The second-order valence-electron chi connectivity index (χ2n) is 41.1. The Morgan fingerprint density at radius 1 is 0.300 bits per heavy atom. The van der Waals surface area contributed by atoms with E-state index in [2.05, 4.69) is 96.9 Å². The van der Waals surface area contributed by atoms with E-state index in [9.17, 15) is 24.0 Å². The van der Waals surface area contributed by atoms with Crippen molar-refractivity contribution in [2.75, 3.05) is 0 Å². The molecule has 0 aromatic rings. The third kappa shape index (κ3) is 22.6. The van der Waals surface area contributed by atoms with E-state index in [1.165, 1.54) is 128 Å². The molecule has 0 saturated heterocycles. The maximum atomic E-state index is 12.9. The van der Waals surface area contributed by atoms with Crippen molar-refractivity contribution in [1.82, 2.24) is 0 Å². The van der Waals surface area contributed by atoms with Crippen molar-refractivity contribution in [1.29, 1.82) is 0 Å². The Balaban J connectivity index is -0.00000128. The van der Waals surface area contributed by atoms with E-state index in [4.69, 9.17) is 23.7 Å². The molecule has 10 nitrogen and oxygen atoms in total. The molecule has 0 aromatic carbocycles. The lowest BCUT2D eigenvalue weighted by atomic mass is 9.47. The SMILES string of the molecule is C.C.C.C.C.C.C.C.C.C.CCC(C)(C)C(=O)OC1(C(C)C)C2CC3CC(C2)CC1C3.CCC(C)(C)C(=O)OC1(C(C)C)CC2CC1C1C3CCC(C3)C21.CCC(C)(C)C(=O)OC1(C(C)C)CC2CCC1C2.CCC(C)(C)C(=O)OC1(C(C)C)CCC2CCCCC2C1.CCC(C)(C)C(=O)OC1(C(C)C)CCCCC1. The van der Waals surface area contributed by atoms with Crippen LogP contribution in [0.4, 0.5) is 0 Å². The Morgan fingerprint density at radius 2 is 0.682 bits per heavy atom. The number of carbonyl (C=O) groups is 5. The van der Waals surface area contributed by atoms with Crippen LogP contribution in [0.15, 0.2) is 0 Å². The third-order valence-corrected chi connectivity index (χ3v) is 32.0. The van der Waals surface area contributed by atoms with Crippen LogP contribution in [0.25, 0.3) is 0 Å². The molecule has 13 atom stereocenters. The predicted octanol–water partition coefficient (Wildman–Crippen LogP) is 30.1. The van der Waals surface area contributed by atoms with Crippen LogP contribution in [-0.4, -0.2) is 57.9 Å². The van der Waals surface area contributed by atoms with E-state index in [1.807, 2.05) is 76.2 Å². The number of hydrogen-bond donors (Lipinski definition) is 0. The predicted molar refractivity (Wildman–Crippen MR) is 475 cm³/mol. The van der Waals surface area contributed by atoms with Gasteiger partial charge >= 0.3 is 29.8 Å². The van der Waals surface area contributed by atoms with Gasteiger partial charge in [0.05, 0.1) is 27.1 Å². The fraction of sp³-hybridized carbons (Fsp3) is 0.950. The lowest BCUT2D eigenvalue weighted by Gasteiger charge is -2.62. The Morgan fingerprint density at radius 3 is 1.06 bits per heavy atom. The Bertz CT molecular complexity index is 2710. The van der Waals surface area contributed by atoms with Crippen LogP contribution in [0.5, 0.6) is 0 Å². The first-order valence-corrected chi connectivity index (χ1v) is 42.7. The van der Waals surface area contributed by atoms with E-state index in [1.54, 1.807) is 0 Å². The van der Waals surface area contributed by atoms with Gasteiger partial charge in [-0.1, -0.05) is 210 Å². The lowest BCUT2D eigenvalue weighted by Crippen LogP contribution is -2.63. The van der Waals surface area contributed by atoms with E-state index in [0.717, 1.165) is 130 Å². The van der Waals surface area contributed by atoms with E-state index in [0.29, 0.717) is 53.3 Å². The summed E-state index contributed by atoms with van der Waals surface area (Å²) in [5.41, 5.74) is -2.64. The van der Waals surface area contributed by atoms with Gasteiger partial charge in [0.2, 0.25) is 0 Å². The van der Waals surface area contributed by atoms with Gasteiger partial charge in [-0.3, -0.25) is 24.0 Å². The Kier molecular flexibility index (Phi) is 43.8. The molecule has 13 aliphatic rings. The summed E-state index contributed by atoms with van der Waals surface area (Å²) in [4.78, 5) is 62.9. The Labute approximate surface area is 687 Å². The minimum absolute atomic E-state index is 0. The van der Waals surface area contributed by atoms with Gasteiger partial charge in [-0.25, -0.2) is 0 Å². The molecule has 0 spiro atoms. The summed E-state index contributed by atoms with van der Waals surface area (Å²) in [5.74, 6) is 13.6. The van der Waals surface area contributed by atoms with Crippen LogP contribution in [0.1, 0.15) is 446 Å². The number of carbonyl (C=O) groups excluding carboxylic acids is 5. The molecule has 656 valence electrons. The van der Waals surface area contributed by atoms with Crippen molar-refractivity contribution in [3.05, 3.63) is 0 Å². The van der Waals surface area contributed by atoms with E-state index < -0.39 is 0 Å². The number of fused-ring (bicyclic) bond motifs is 12. The van der Waals surface area contributed by atoms with Crippen LogP contribution >= 0.6 is 0 Å². The molecule has 0 amide bonds. The molecular formula is C100H196O10. The quantitative estimate of drug-likeness (QED) is 0.0659. The first kappa shape index (κ1) is 112. The van der Waals surface area contributed by atoms with Crippen molar-refractivity contribution < 1.29 is 47.7 Å².